The average Bonchev–Trinajstić information content (AvgIpc) is 2.34. The molecule has 2 N–H and O–H groups in total. The molecule has 0 aromatic rings. The van der Waals surface area contributed by atoms with Gasteiger partial charge in [-0.15, -0.1) is 0 Å². The van der Waals surface area contributed by atoms with Gasteiger partial charge in [-0.25, -0.2) is 0 Å². The molecule has 1 aliphatic rings. The van der Waals surface area contributed by atoms with Crippen LogP contribution in [0, 0.1) is 0 Å². The topological polar surface area (TPSA) is 29.3 Å². The van der Waals surface area contributed by atoms with Gasteiger partial charge in [0, 0.05) is 0 Å². The van der Waals surface area contributed by atoms with Crippen LogP contribution in [0.1, 0.15) is 64.7 Å². The number of nitrogens with zero attached hydrogens (tertiary/aromatic N) is 1. The van der Waals surface area contributed by atoms with Crippen LogP contribution in [-0.4, -0.2) is 29.0 Å². The van der Waals surface area contributed by atoms with Gasteiger partial charge in [0.05, 0.1) is 11.0 Å². The molecule has 1 fully saturated rings. The molecule has 0 aromatic carbocycles. The molecule has 1 atom stereocenters. The Kier molecular flexibility index (Phi) is 7.78. The standard InChI is InChI=1S/C14H28N2S/c1-2-3-4-5-6-8-11-16-12-9-7-10-13(16)14(15)17/h13H,2-12H2,1H3,(H2,15,17). The zero-order chi connectivity index (χ0) is 12.5. The molecule has 1 saturated heterocycles. The third kappa shape index (κ3) is 5.82. The zero-order valence-electron chi connectivity index (χ0n) is 11.3. The van der Waals surface area contributed by atoms with Crippen molar-refractivity contribution in [1.29, 1.82) is 0 Å². The lowest BCUT2D eigenvalue weighted by Crippen LogP contribution is -2.47. The van der Waals surface area contributed by atoms with Gasteiger partial charge in [-0.05, 0) is 32.4 Å². The highest BCUT2D eigenvalue weighted by molar-refractivity contribution is 7.80. The quantitative estimate of drug-likeness (QED) is 0.532. The molecule has 0 radical (unpaired) electrons. The monoisotopic (exact) mass is 256 g/mol. The third-order valence-electron chi connectivity index (χ3n) is 3.74. The van der Waals surface area contributed by atoms with Crippen LogP contribution in [0.25, 0.3) is 0 Å². The molecule has 1 aliphatic heterocycles. The largest absolute Gasteiger partial charge is 0.392 e. The van der Waals surface area contributed by atoms with E-state index in [2.05, 4.69) is 11.8 Å². The zero-order valence-corrected chi connectivity index (χ0v) is 12.1. The lowest BCUT2D eigenvalue weighted by molar-refractivity contribution is 0.189. The Balaban J connectivity index is 2.13. The van der Waals surface area contributed by atoms with Crippen LogP contribution in [0.5, 0.6) is 0 Å². The SMILES string of the molecule is CCCCCCCCN1CCCCC1C(N)=S. The molecular formula is C14H28N2S. The van der Waals surface area contributed by atoms with Gasteiger partial charge < -0.3 is 5.73 Å². The van der Waals surface area contributed by atoms with E-state index in [4.69, 9.17) is 18.0 Å². The Morgan fingerprint density at radius 1 is 1.18 bits per heavy atom. The molecule has 17 heavy (non-hydrogen) atoms. The van der Waals surface area contributed by atoms with E-state index in [1.807, 2.05) is 0 Å². The normalized spacial score (nSPS) is 21.6. The van der Waals surface area contributed by atoms with Crippen LogP contribution in [0.15, 0.2) is 0 Å². The lowest BCUT2D eigenvalue weighted by atomic mass is 10.0. The van der Waals surface area contributed by atoms with E-state index in [1.54, 1.807) is 0 Å². The van der Waals surface area contributed by atoms with E-state index in [-0.39, 0.29) is 0 Å². The van der Waals surface area contributed by atoms with Gasteiger partial charge in [-0.1, -0.05) is 57.7 Å². The van der Waals surface area contributed by atoms with E-state index < -0.39 is 0 Å². The number of hydrogen-bond acceptors (Lipinski definition) is 2. The van der Waals surface area contributed by atoms with Crippen molar-refractivity contribution < 1.29 is 0 Å². The summed E-state index contributed by atoms with van der Waals surface area (Å²) in [5.74, 6) is 0. The predicted octanol–water partition coefficient (Wildman–Crippen LogP) is 3.49. The first-order chi connectivity index (χ1) is 8.25. The summed E-state index contributed by atoms with van der Waals surface area (Å²) < 4.78 is 0. The van der Waals surface area contributed by atoms with Gasteiger partial charge in [-0.2, -0.15) is 0 Å². The summed E-state index contributed by atoms with van der Waals surface area (Å²) in [7, 11) is 0. The van der Waals surface area contributed by atoms with E-state index in [0.717, 1.165) is 0 Å². The molecule has 0 aromatic heterocycles. The number of thiocarbonyl (C=S) groups is 1. The molecule has 0 bridgehead atoms. The first-order valence-corrected chi connectivity index (χ1v) is 7.70. The van der Waals surface area contributed by atoms with Gasteiger partial charge in [0.1, 0.15) is 0 Å². The second kappa shape index (κ2) is 8.87. The molecule has 1 heterocycles. The Hall–Kier alpha value is -0.150. The van der Waals surface area contributed by atoms with Crippen LogP contribution in [0.2, 0.25) is 0 Å². The molecule has 0 spiro atoms. The molecule has 2 nitrogen and oxygen atoms in total. The second-order valence-corrected chi connectivity index (χ2v) is 5.69. The highest BCUT2D eigenvalue weighted by Gasteiger charge is 2.23. The fraction of sp³-hybridized carbons (Fsp3) is 0.929. The molecule has 0 amide bonds. The van der Waals surface area contributed by atoms with Crippen LogP contribution < -0.4 is 5.73 Å². The highest BCUT2D eigenvalue weighted by atomic mass is 32.1. The van der Waals surface area contributed by atoms with Crippen molar-refractivity contribution in [2.45, 2.75) is 70.8 Å². The first kappa shape index (κ1) is 14.9. The maximum atomic E-state index is 5.82. The van der Waals surface area contributed by atoms with Crippen molar-refractivity contribution in [2.24, 2.45) is 5.73 Å². The molecule has 1 unspecified atom stereocenters. The van der Waals surface area contributed by atoms with Crippen molar-refractivity contribution in [3.05, 3.63) is 0 Å². The Bertz CT molecular complexity index is 218. The van der Waals surface area contributed by atoms with Gasteiger partial charge in [0.15, 0.2) is 0 Å². The minimum atomic E-state index is 0.384. The summed E-state index contributed by atoms with van der Waals surface area (Å²) in [6, 6.07) is 0.384. The smallest absolute Gasteiger partial charge is 0.0902 e. The number of likely N-dealkylation sites (tertiary alicyclic amines) is 1. The summed E-state index contributed by atoms with van der Waals surface area (Å²) >= 11 is 5.16. The van der Waals surface area contributed by atoms with Crippen LogP contribution in [-0.2, 0) is 0 Å². The summed E-state index contributed by atoms with van der Waals surface area (Å²) in [6.07, 6.45) is 11.9. The lowest BCUT2D eigenvalue weighted by Gasteiger charge is -2.34. The van der Waals surface area contributed by atoms with Crippen LogP contribution in [0.4, 0.5) is 0 Å². The van der Waals surface area contributed by atoms with E-state index in [9.17, 15) is 0 Å². The minimum absolute atomic E-state index is 0.384. The molecule has 0 aliphatic carbocycles. The maximum absolute atomic E-state index is 5.82. The molecule has 1 rings (SSSR count). The minimum Gasteiger partial charge on any atom is -0.392 e. The number of piperidine rings is 1. The fourth-order valence-electron chi connectivity index (χ4n) is 2.68. The van der Waals surface area contributed by atoms with Crippen molar-refractivity contribution >= 4 is 17.2 Å². The van der Waals surface area contributed by atoms with Gasteiger partial charge in [0.2, 0.25) is 0 Å². The van der Waals surface area contributed by atoms with E-state index in [1.165, 1.54) is 70.9 Å². The second-order valence-electron chi connectivity index (χ2n) is 5.22. The third-order valence-corrected chi connectivity index (χ3v) is 4.01. The van der Waals surface area contributed by atoms with Gasteiger partial charge in [-0.3, -0.25) is 4.90 Å². The summed E-state index contributed by atoms with van der Waals surface area (Å²) in [5.41, 5.74) is 5.82. The Morgan fingerprint density at radius 3 is 2.59 bits per heavy atom. The number of unbranched alkanes of at least 4 members (excludes halogenated alkanes) is 5. The molecular weight excluding hydrogens is 228 g/mol. The number of hydrogen-bond donors (Lipinski definition) is 1. The van der Waals surface area contributed by atoms with Crippen LogP contribution >= 0.6 is 12.2 Å². The van der Waals surface area contributed by atoms with Gasteiger partial charge >= 0.3 is 0 Å². The Morgan fingerprint density at radius 2 is 1.88 bits per heavy atom. The number of rotatable bonds is 8. The summed E-state index contributed by atoms with van der Waals surface area (Å²) in [6.45, 7) is 4.64. The van der Waals surface area contributed by atoms with E-state index in [0.29, 0.717) is 11.0 Å². The van der Waals surface area contributed by atoms with Crippen molar-refractivity contribution in [3.63, 3.8) is 0 Å². The van der Waals surface area contributed by atoms with E-state index >= 15 is 0 Å². The van der Waals surface area contributed by atoms with Crippen molar-refractivity contribution in [3.8, 4) is 0 Å². The van der Waals surface area contributed by atoms with Crippen molar-refractivity contribution in [2.75, 3.05) is 13.1 Å². The molecule has 0 saturated carbocycles. The maximum Gasteiger partial charge on any atom is 0.0902 e. The molecule has 3 heteroatoms. The van der Waals surface area contributed by atoms with Crippen molar-refractivity contribution in [1.82, 2.24) is 4.90 Å². The number of nitrogens with two attached hydrogens (primary N) is 1. The van der Waals surface area contributed by atoms with Crippen LogP contribution in [0.3, 0.4) is 0 Å². The summed E-state index contributed by atoms with van der Waals surface area (Å²) in [4.78, 5) is 3.21. The highest BCUT2D eigenvalue weighted by Crippen LogP contribution is 2.18. The molecule has 100 valence electrons. The Labute approximate surface area is 112 Å². The average molecular weight is 256 g/mol. The first-order valence-electron chi connectivity index (χ1n) is 7.29. The predicted molar refractivity (Wildman–Crippen MR) is 79.4 cm³/mol. The summed E-state index contributed by atoms with van der Waals surface area (Å²) in [5, 5.41) is 0. The van der Waals surface area contributed by atoms with Gasteiger partial charge in [0.25, 0.3) is 0 Å². The fourth-order valence-corrected chi connectivity index (χ4v) is 2.94.